The van der Waals surface area contributed by atoms with Crippen LogP contribution in [-0.4, -0.2) is 18.4 Å². The molecule has 2 atom stereocenters. The van der Waals surface area contributed by atoms with E-state index in [1.54, 1.807) is 6.92 Å². The van der Waals surface area contributed by atoms with E-state index in [9.17, 15) is 9.59 Å². The van der Waals surface area contributed by atoms with Gasteiger partial charge in [0.15, 0.2) is 0 Å². The van der Waals surface area contributed by atoms with Crippen LogP contribution in [0.2, 0.25) is 0 Å². The average Bonchev–Trinajstić information content (AvgIpc) is 2.39. The molecule has 0 N–H and O–H groups in total. The van der Waals surface area contributed by atoms with E-state index in [0.29, 0.717) is 19.4 Å². The van der Waals surface area contributed by atoms with Crippen molar-refractivity contribution in [2.45, 2.75) is 32.1 Å². The van der Waals surface area contributed by atoms with E-state index >= 15 is 0 Å². The standard InChI is InChI=1S/C15H17IO3/c1-2-19-15(18)13-8-5-11(9-14(13)17)10-3-6-12(16)7-4-10/h3-4,6-7,11,13H,2,5,8-9H2,1H3. The van der Waals surface area contributed by atoms with Gasteiger partial charge >= 0.3 is 5.97 Å². The second kappa shape index (κ2) is 6.50. The van der Waals surface area contributed by atoms with E-state index in [1.165, 1.54) is 9.13 Å². The van der Waals surface area contributed by atoms with Crippen molar-refractivity contribution in [1.29, 1.82) is 0 Å². The number of halogens is 1. The van der Waals surface area contributed by atoms with Crippen LogP contribution in [0.1, 0.15) is 37.7 Å². The number of hydrogen-bond acceptors (Lipinski definition) is 3. The molecule has 0 heterocycles. The van der Waals surface area contributed by atoms with Crippen LogP contribution in [0, 0.1) is 9.49 Å². The Morgan fingerprint density at radius 1 is 1.32 bits per heavy atom. The summed E-state index contributed by atoms with van der Waals surface area (Å²) in [5.41, 5.74) is 1.19. The summed E-state index contributed by atoms with van der Waals surface area (Å²) in [5, 5.41) is 0. The lowest BCUT2D eigenvalue weighted by atomic mass is 9.78. The molecule has 2 rings (SSSR count). The van der Waals surface area contributed by atoms with Gasteiger partial charge in [-0.3, -0.25) is 9.59 Å². The average molecular weight is 372 g/mol. The third-order valence-corrected chi connectivity index (χ3v) is 4.27. The van der Waals surface area contributed by atoms with Crippen LogP contribution in [0.5, 0.6) is 0 Å². The maximum atomic E-state index is 12.1. The van der Waals surface area contributed by atoms with E-state index in [0.717, 1.165) is 6.42 Å². The van der Waals surface area contributed by atoms with Crippen molar-refractivity contribution in [3.05, 3.63) is 33.4 Å². The van der Waals surface area contributed by atoms with E-state index < -0.39 is 5.92 Å². The zero-order valence-electron chi connectivity index (χ0n) is 10.9. The van der Waals surface area contributed by atoms with Gasteiger partial charge in [0.05, 0.1) is 6.61 Å². The predicted molar refractivity (Wildman–Crippen MR) is 80.9 cm³/mol. The Bertz CT molecular complexity index is 467. The lowest BCUT2D eigenvalue weighted by Gasteiger charge is -2.26. The summed E-state index contributed by atoms with van der Waals surface area (Å²) in [6.45, 7) is 2.10. The van der Waals surface area contributed by atoms with Gasteiger partial charge in [-0.05, 0) is 66.0 Å². The molecular weight excluding hydrogens is 355 g/mol. The molecule has 1 aliphatic rings. The van der Waals surface area contributed by atoms with Gasteiger partial charge in [0.1, 0.15) is 11.7 Å². The van der Waals surface area contributed by atoms with E-state index in [1.807, 2.05) is 0 Å². The molecule has 1 aromatic carbocycles. The number of ketones is 1. The van der Waals surface area contributed by atoms with Gasteiger partial charge in [-0.2, -0.15) is 0 Å². The summed E-state index contributed by atoms with van der Waals surface area (Å²) in [6.07, 6.45) is 1.92. The highest BCUT2D eigenvalue weighted by Crippen LogP contribution is 2.34. The minimum Gasteiger partial charge on any atom is -0.465 e. The van der Waals surface area contributed by atoms with Crippen LogP contribution >= 0.6 is 22.6 Å². The smallest absolute Gasteiger partial charge is 0.316 e. The number of esters is 1. The first-order valence-electron chi connectivity index (χ1n) is 6.56. The summed E-state index contributed by atoms with van der Waals surface area (Å²) in [7, 11) is 0. The summed E-state index contributed by atoms with van der Waals surface area (Å²) < 4.78 is 6.14. The van der Waals surface area contributed by atoms with Crippen molar-refractivity contribution in [2.24, 2.45) is 5.92 Å². The molecule has 2 unspecified atom stereocenters. The van der Waals surface area contributed by atoms with Gasteiger partial charge in [0, 0.05) is 9.99 Å². The SMILES string of the molecule is CCOC(=O)C1CCC(c2ccc(I)cc2)CC1=O. The zero-order chi connectivity index (χ0) is 13.8. The number of carbonyl (C=O) groups excluding carboxylic acids is 2. The first-order valence-corrected chi connectivity index (χ1v) is 7.64. The van der Waals surface area contributed by atoms with E-state index in [2.05, 4.69) is 46.9 Å². The molecule has 3 nitrogen and oxygen atoms in total. The molecule has 1 fully saturated rings. The van der Waals surface area contributed by atoms with Crippen molar-refractivity contribution in [2.75, 3.05) is 6.61 Å². The van der Waals surface area contributed by atoms with Crippen molar-refractivity contribution in [1.82, 2.24) is 0 Å². The molecule has 1 aliphatic carbocycles. The van der Waals surface area contributed by atoms with Crippen LogP contribution in [-0.2, 0) is 14.3 Å². The molecule has 0 aromatic heterocycles. The second-order valence-corrected chi connectivity index (χ2v) is 6.05. The molecule has 0 amide bonds. The fraction of sp³-hybridized carbons (Fsp3) is 0.467. The van der Waals surface area contributed by atoms with Crippen molar-refractivity contribution < 1.29 is 14.3 Å². The molecule has 4 heteroatoms. The van der Waals surface area contributed by atoms with E-state index in [4.69, 9.17) is 4.74 Å². The molecule has 0 bridgehead atoms. The number of carbonyl (C=O) groups is 2. The minimum atomic E-state index is -0.542. The third-order valence-electron chi connectivity index (χ3n) is 3.55. The second-order valence-electron chi connectivity index (χ2n) is 4.80. The Kier molecular flexibility index (Phi) is 4.96. The maximum absolute atomic E-state index is 12.1. The summed E-state index contributed by atoms with van der Waals surface area (Å²) >= 11 is 2.26. The predicted octanol–water partition coefficient (Wildman–Crippen LogP) is 3.31. The van der Waals surface area contributed by atoms with Crippen LogP contribution in [0.15, 0.2) is 24.3 Å². The molecule has 0 saturated heterocycles. The first kappa shape index (κ1) is 14.5. The largest absolute Gasteiger partial charge is 0.465 e. The number of Topliss-reactive ketones (excluding diaryl/α,β-unsaturated/α-hetero) is 1. The van der Waals surface area contributed by atoms with Crippen LogP contribution in [0.4, 0.5) is 0 Å². The van der Waals surface area contributed by atoms with Gasteiger partial charge < -0.3 is 4.74 Å². The summed E-state index contributed by atoms with van der Waals surface area (Å²) in [6, 6.07) is 8.25. The molecule has 0 aliphatic heterocycles. The van der Waals surface area contributed by atoms with Crippen molar-refractivity contribution in [3.8, 4) is 0 Å². The normalized spacial score (nSPS) is 23.2. The minimum absolute atomic E-state index is 0.0215. The molecular formula is C15H17IO3. The highest BCUT2D eigenvalue weighted by molar-refractivity contribution is 14.1. The van der Waals surface area contributed by atoms with Gasteiger partial charge in [-0.1, -0.05) is 12.1 Å². The quantitative estimate of drug-likeness (QED) is 0.465. The molecule has 1 aromatic rings. The Hall–Kier alpha value is -0.910. The van der Waals surface area contributed by atoms with Gasteiger partial charge in [0.25, 0.3) is 0 Å². The van der Waals surface area contributed by atoms with Crippen LogP contribution < -0.4 is 0 Å². The highest BCUT2D eigenvalue weighted by atomic mass is 127. The molecule has 102 valence electrons. The maximum Gasteiger partial charge on any atom is 0.316 e. The van der Waals surface area contributed by atoms with E-state index in [-0.39, 0.29) is 17.7 Å². The van der Waals surface area contributed by atoms with Gasteiger partial charge in [-0.25, -0.2) is 0 Å². The number of ether oxygens (including phenoxy) is 1. The molecule has 19 heavy (non-hydrogen) atoms. The molecule has 0 spiro atoms. The fourth-order valence-electron chi connectivity index (χ4n) is 2.53. The first-order chi connectivity index (χ1) is 9.11. The third kappa shape index (κ3) is 3.55. The number of rotatable bonds is 3. The molecule has 1 saturated carbocycles. The molecule has 0 radical (unpaired) electrons. The van der Waals surface area contributed by atoms with Crippen molar-refractivity contribution in [3.63, 3.8) is 0 Å². The Morgan fingerprint density at radius 3 is 2.58 bits per heavy atom. The summed E-state index contributed by atoms with van der Waals surface area (Å²) in [4.78, 5) is 23.7. The van der Waals surface area contributed by atoms with Crippen LogP contribution in [0.25, 0.3) is 0 Å². The Morgan fingerprint density at radius 2 is 2.00 bits per heavy atom. The topological polar surface area (TPSA) is 43.4 Å². The number of benzene rings is 1. The highest BCUT2D eigenvalue weighted by Gasteiger charge is 2.34. The lowest BCUT2D eigenvalue weighted by molar-refractivity contribution is -0.152. The lowest BCUT2D eigenvalue weighted by Crippen LogP contribution is -2.31. The summed E-state index contributed by atoms with van der Waals surface area (Å²) in [5.74, 6) is -0.628. The monoisotopic (exact) mass is 372 g/mol. The Labute approximate surface area is 126 Å². The zero-order valence-corrected chi connectivity index (χ0v) is 13.1. The fourth-order valence-corrected chi connectivity index (χ4v) is 2.89. The Balaban J connectivity index is 2.02. The van der Waals surface area contributed by atoms with Crippen molar-refractivity contribution >= 4 is 34.3 Å². The van der Waals surface area contributed by atoms with Gasteiger partial charge in [-0.15, -0.1) is 0 Å². The number of hydrogen-bond donors (Lipinski definition) is 0. The van der Waals surface area contributed by atoms with Gasteiger partial charge in [0.2, 0.25) is 0 Å². The van der Waals surface area contributed by atoms with Crippen LogP contribution in [0.3, 0.4) is 0 Å².